The van der Waals surface area contributed by atoms with Crippen LogP contribution in [0.2, 0.25) is 0 Å². The number of rotatable bonds is 9. The van der Waals surface area contributed by atoms with Gasteiger partial charge in [-0.1, -0.05) is 84.9 Å². The minimum absolute atomic E-state index is 0. The second-order valence-corrected chi connectivity index (χ2v) is 9.63. The molecule has 1 amide bonds. The average molecular weight is 502 g/mol. The van der Waals surface area contributed by atoms with Crippen LogP contribution in [0.15, 0.2) is 84.9 Å². The monoisotopic (exact) mass is 501 g/mol. The normalized spacial score (nSPS) is 11.7. The van der Waals surface area contributed by atoms with Crippen LogP contribution in [-0.2, 0) is 4.79 Å². The van der Waals surface area contributed by atoms with Gasteiger partial charge in [-0.15, -0.1) is 0 Å². The molecule has 0 saturated heterocycles. The molecule has 0 heterocycles. The summed E-state index contributed by atoms with van der Waals surface area (Å²) in [5, 5.41) is 16.6. The van der Waals surface area contributed by atoms with Gasteiger partial charge in [-0.05, 0) is 76.1 Å². The molecular formula is C31H28LiNO3S. The van der Waals surface area contributed by atoms with Crippen molar-refractivity contribution in [3.63, 3.8) is 0 Å². The Morgan fingerprint density at radius 2 is 1.65 bits per heavy atom. The van der Waals surface area contributed by atoms with Gasteiger partial charge in [0.1, 0.15) is 0 Å². The Bertz CT molecular complexity index is 1430. The van der Waals surface area contributed by atoms with Crippen LogP contribution >= 0.6 is 11.8 Å². The van der Waals surface area contributed by atoms with Crippen molar-refractivity contribution in [1.82, 2.24) is 5.32 Å². The molecule has 0 bridgehead atoms. The van der Waals surface area contributed by atoms with Crippen molar-refractivity contribution in [3.05, 3.63) is 107 Å². The summed E-state index contributed by atoms with van der Waals surface area (Å²) < 4.78 is 0. The molecule has 1 atom stereocenters. The van der Waals surface area contributed by atoms with Crippen molar-refractivity contribution in [3.8, 4) is 11.1 Å². The molecule has 4 nitrogen and oxygen atoms in total. The molecule has 0 unspecified atom stereocenters. The molecule has 0 aromatic heterocycles. The Morgan fingerprint density at radius 3 is 2.41 bits per heavy atom. The van der Waals surface area contributed by atoms with Crippen LogP contribution in [0.4, 0.5) is 0 Å². The molecule has 4 aromatic rings. The smallest absolute Gasteiger partial charge is 0.548 e. The van der Waals surface area contributed by atoms with Gasteiger partial charge in [-0.25, -0.2) is 0 Å². The summed E-state index contributed by atoms with van der Waals surface area (Å²) in [7, 11) is 0. The molecular weight excluding hydrogens is 473 g/mol. The third-order valence-corrected chi connectivity index (χ3v) is 6.85. The Morgan fingerprint density at radius 1 is 0.919 bits per heavy atom. The first kappa shape index (κ1) is 28.3. The summed E-state index contributed by atoms with van der Waals surface area (Å²) in [4.78, 5) is 24.8. The summed E-state index contributed by atoms with van der Waals surface area (Å²) in [6.45, 7) is 2.00. The number of fused-ring (bicyclic) bond motifs is 1. The average Bonchev–Trinajstić information content (AvgIpc) is 2.89. The van der Waals surface area contributed by atoms with E-state index in [2.05, 4.69) is 35.7 Å². The number of aliphatic carboxylic acids is 1. The van der Waals surface area contributed by atoms with Crippen LogP contribution in [0.5, 0.6) is 0 Å². The van der Waals surface area contributed by atoms with E-state index >= 15 is 0 Å². The van der Waals surface area contributed by atoms with E-state index in [1.807, 2.05) is 73.9 Å². The zero-order valence-electron chi connectivity index (χ0n) is 21.4. The minimum atomic E-state index is -1.27. The van der Waals surface area contributed by atoms with Gasteiger partial charge in [-0.3, -0.25) is 4.79 Å². The van der Waals surface area contributed by atoms with E-state index in [1.54, 1.807) is 6.07 Å². The Hall–Kier alpha value is -3.23. The summed E-state index contributed by atoms with van der Waals surface area (Å²) >= 11 is 1.53. The van der Waals surface area contributed by atoms with E-state index < -0.39 is 17.9 Å². The molecule has 0 aliphatic rings. The minimum Gasteiger partial charge on any atom is -0.548 e. The molecule has 182 valence electrons. The fourth-order valence-corrected chi connectivity index (χ4v) is 4.74. The van der Waals surface area contributed by atoms with E-state index in [9.17, 15) is 14.7 Å². The van der Waals surface area contributed by atoms with Gasteiger partial charge in [0.15, 0.2) is 0 Å². The number of hydrogen-bond acceptors (Lipinski definition) is 4. The Labute approximate surface area is 234 Å². The van der Waals surface area contributed by atoms with Crippen molar-refractivity contribution < 1.29 is 33.6 Å². The number of thioether (sulfide) groups is 1. The molecule has 1 N–H and O–H groups in total. The van der Waals surface area contributed by atoms with Gasteiger partial charge in [-0.2, -0.15) is 11.8 Å². The van der Waals surface area contributed by atoms with E-state index in [0.29, 0.717) is 17.7 Å². The number of amides is 1. The quantitative estimate of drug-likeness (QED) is 0.283. The third kappa shape index (κ3) is 6.96. The number of nitrogens with one attached hydrogen (secondary N) is 1. The SMILES string of the molecule is CSCC[C@H](NC(=O)c1ccc(/C=C/c2cccc3ccccc23)cc1-c1ccccc1C)C(=O)[O-].[Li+]. The summed E-state index contributed by atoms with van der Waals surface area (Å²) in [6, 6.07) is 26.9. The van der Waals surface area contributed by atoms with Crippen molar-refractivity contribution in [2.24, 2.45) is 0 Å². The molecule has 6 heteroatoms. The van der Waals surface area contributed by atoms with Gasteiger partial charge in [0, 0.05) is 5.56 Å². The first-order valence-electron chi connectivity index (χ1n) is 11.8. The Balaban J connectivity index is 0.00000380. The summed E-state index contributed by atoms with van der Waals surface area (Å²) in [5.41, 5.74) is 5.20. The van der Waals surface area contributed by atoms with Gasteiger partial charge in [0.2, 0.25) is 0 Å². The number of carbonyl (C=O) groups is 2. The van der Waals surface area contributed by atoms with Crippen LogP contribution < -0.4 is 29.3 Å². The van der Waals surface area contributed by atoms with Gasteiger partial charge in [0.25, 0.3) is 5.91 Å². The molecule has 4 aromatic carbocycles. The molecule has 4 rings (SSSR count). The van der Waals surface area contributed by atoms with Crippen LogP contribution in [0.1, 0.15) is 33.5 Å². The first-order valence-corrected chi connectivity index (χ1v) is 13.2. The van der Waals surface area contributed by atoms with Gasteiger partial charge in [0.05, 0.1) is 12.0 Å². The van der Waals surface area contributed by atoms with Crippen LogP contribution in [0, 0.1) is 6.92 Å². The molecule has 0 radical (unpaired) electrons. The largest absolute Gasteiger partial charge is 1.00 e. The molecule has 0 fully saturated rings. The van der Waals surface area contributed by atoms with Crippen LogP contribution in [0.25, 0.3) is 34.1 Å². The number of carboxylic acid groups (broad SMARTS) is 1. The number of hydrogen-bond donors (Lipinski definition) is 1. The number of benzene rings is 4. The van der Waals surface area contributed by atoms with Crippen molar-refractivity contribution in [2.45, 2.75) is 19.4 Å². The van der Waals surface area contributed by atoms with E-state index in [1.165, 1.54) is 22.5 Å². The summed E-state index contributed by atoms with van der Waals surface area (Å²) in [5.74, 6) is -1.08. The van der Waals surface area contributed by atoms with E-state index in [4.69, 9.17) is 0 Å². The first-order chi connectivity index (χ1) is 17.5. The maximum absolute atomic E-state index is 13.2. The van der Waals surface area contributed by atoms with Crippen molar-refractivity contribution in [2.75, 3.05) is 12.0 Å². The second-order valence-electron chi connectivity index (χ2n) is 8.65. The van der Waals surface area contributed by atoms with Gasteiger partial charge >= 0.3 is 18.9 Å². The summed E-state index contributed by atoms with van der Waals surface area (Å²) in [6.07, 6.45) is 6.32. The third-order valence-electron chi connectivity index (χ3n) is 6.20. The zero-order valence-corrected chi connectivity index (χ0v) is 22.2. The predicted molar refractivity (Wildman–Crippen MR) is 149 cm³/mol. The van der Waals surface area contributed by atoms with E-state index in [-0.39, 0.29) is 18.9 Å². The molecule has 0 spiro atoms. The second kappa shape index (κ2) is 13.4. The maximum Gasteiger partial charge on any atom is 1.00 e. The number of carboxylic acids is 1. The standard InChI is InChI=1S/C31H29NO3S.Li/c1-21-8-3-5-12-25(21)28-20-22(14-16-24-11-7-10-23-9-4-6-13-26(23)24)15-17-27(28)30(33)32-29(31(34)35)18-19-36-2;/h3-17,20,29H,18-19H2,1-2H3,(H,32,33)(H,34,35);/q;+1/p-1/b16-14+;/t29-;/m0./s1. The predicted octanol–water partition coefficient (Wildman–Crippen LogP) is 2.59. The van der Waals surface area contributed by atoms with Crippen molar-refractivity contribution in [1.29, 1.82) is 0 Å². The van der Waals surface area contributed by atoms with Crippen LogP contribution in [0.3, 0.4) is 0 Å². The number of aryl methyl sites for hydroxylation is 1. The van der Waals surface area contributed by atoms with E-state index in [0.717, 1.165) is 27.8 Å². The zero-order chi connectivity index (χ0) is 25.5. The molecule has 0 aliphatic heterocycles. The fraction of sp³-hybridized carbons (Fsp3) is 0.161. The van der Waals surface area contributed by atoms with Gasteiger partial charge < -0.3 is 15.2 Å². The van der Waals surface area contributed by atoms with Crippen molar-refractivity contribution >= 4 is 46.6 Å². The molecule has 0 saturated carbocycles. The number of carbonyl (C=O) groups excluding carboxylic acids is 2. The molecule has 37 heavy (non-hydrogen) atoms. The Kier molecular flexibility index (Phi) is 10.2. The topological polar surface area (TPSA) is 69.2 Å². The van der Waals surface area contributed by atoms with Crippen LogP contribution in [-0.4, -0.2) is 29.9 Å². The fourth-order valence-electron chi connectivity index (χ4n) is 4.26. The molecule has 0 aliphatic carbocycles. The maximum atomic E-state index is 13.2.